The van der Waals surface area contributed by atoms with Crippen LogP contribution in [0.1, 0.15) is 11.1 Å². The Bertz CT molecular complexity index is 995. The van der Waals surface area contributed by atoms with E-state index in [1.807, 2.05) is 97.3 Å². The summed E-state index contributed by atoms with van der Waals surface area (Å²) in [5, 5.41) is 3.00. The summed E-state index contributed by atoms with van der Waals surface area (Å²) in [5.74, 6) is -0.257. The molecule has 0 aliphatic carbocycles. The predicted molar refractivity (Wildman–Crippen MR) is 118 cm³/mol. The Labute approximate surface area is 174 Å². The van der Waals surface area contributed by atoms with Gasteiger partial charge in [0.25, 0.3) is 5.91 Å². The molecule has 0 bridgehead atoms. The van der Waals surface area contributed by atoms with Crippen molar-refractivity contribution in [3.05, 3.63) is 102 Å². The Morgan fingerprint density at radius 2 is 1.48 bits per heavy atom. The van der Waals surface area contributed by atoms with Gasteiger partial charge in [0.15, 0.2) is 0 Å². The number of anilines is 1. The largest absolute Gasteiger partial charge is 0.341 e. The Balaban J connectivity index is 1.67. The summed E-state index contributed by atoms with van der Waals surface area (Å²) in [6.07, 6.45) is 2.22. The number of β-lactam (4-membered cyclic amide) rings is 1. The lowest BCUT2D eigenvalue weighted by Gasteiger charge is -2.56. The first kappa shape index (κ1) is 19.3. The highest BCUT2D eigenvalue weighted by Gasteiger charge is 2.62. The Morgan fingerprint density at radius 3 is 2.07 bits per heavy atom. The molecule has 2 atom stereocenters. The van der Waals surface area contributed by atoms with Gasteiger partial charge in [-0.3, -0.25) is 14.5 Å². The van der Waals surface area contributed by atoms with Gasteiger partial charge in [-0.2, -0.15) is 0 Å². The number of nitrogens with one attached hydrogen (secondary N) is 1. The van der Waals surface area contributed by atoms with Crippen LogP contribution in [-0.4, -0.2) is 24.1 Å². The molecule has 1 N–H and O–H groups in total. The molecule has 3 aromatic carbocycles. The molecule has 0 saturated carbocycles. The van der Waals surface area contributed by atoms with Crippen molar-refractivity contribution in [2.24, 2.45) is 0 Å². The van der Waals surface area contributed by atoms with Crippen molar-refractivity contribution >= 4 is 29.3 Å². The molecule has 5 heteroatoms. The van der Waals surface area contributed by atoms with Crippen LogP contribution >= 0.6 is 11.8 Å². The van der Waals surface area contributed by atoms with Crippen molar-refractivity contribution in [3.8, 4) is 0 Å². The molecule has 1 aliphatic heterocycles. The van der Waals surface area contributed by atoms with Gasteiger partial charge in [0.05, 0.1) is 6.42 Å². The first-order chi connectivity index (χ1) is 14.2. The van der Waals surface area contributed by atoms with Crippen LogP contribution < -0.4 is 10.2 Å². The van der Waals surface area contributed by atoms with Gasteiger partial charge >= 0.3 is 0 Å². The van der Waals surface area contributed by atoms with Gasteiger partial charge in [-0.1, -0.05) is 78.9 Å². The van der Waals surface area contributed by atoms with E-state index in [1.54, 1.807) is 16.7 Å². The molecule has 146 valence electrons. The van der Waals surface area contributed by atoms with Crippen LogP contribution in [0.2, 0.25) is 0 Å². The molecule has 29 heavy (non-hydrogen) atoms. The van der Waals surface area contributed by atoms with E-state index in [4.69, 9.17) is 0 Å². The number of nitrogens with zero attached hydrogens (tertiary/aromatic N) is 1. The van der Waals surface area contributed by atoms with E-state index in [0.717, 1.165) is 16.8 Å². The monoisotopic (exact) mass is 402 g/mol. The van der Waals surface area contributed by atoms with E-state index in [2.05, 4.69) is 5.32 Å². The predicted octanol–water partition coefficient (Wildman–Crippen LogP) is 3.98. The first-order valence-corrected chi connectivity index (χ1v) is 10.7. The quantitative estimate of drug-likeness (QED) is 0.635. The molecule has 1 fully saturated rings. The zero-order valence-electron chi connectivity index (χ0n) is 16.1. The summed E-state index contributed by atoms with van der Waals surface area (Å²) in [6, 6.07) is 28.4. The number of amides is 2. The number of hydrogen-bond donors (Lipinski definition) is 1. The van der Waals surface area contributed by atoms with Gasteiger partial charge in [-0.15, -0.1) is 11.8 Å². The maximum Gasteiger partial charge on any atom is 0.254 e. The fourth-order valence-electron chi connectivity index (χ4n) is 3.87. The summed E-state index contributed by atoms with van der Waals surface area (Å²) in [6.45, 7) is 0. The topological polar surface area (TPSA) is 49.4 Å². The van der Waals surface area contributed by atoms with Crippen LogP contribution in [0.5, 0.6) is 0 Å². The van der Waals surface area contributed by atoms with Gasteiger partial charge in [0.2, 0.25) is 5.91 Å². The van der Waals surface area contributed by atoms with Gasteiger partial charge in [0, 0.05) is 5.69 Å². The number of hydrogen-bond acceptors (Lipinski definition) is 3. The van der Waals surface area contributed by atoms with E-state index in [1.165, 1.54) is 0 Å². The molecule has 0 spiro atoms. The summed E-state index contributed by atoms with van der Waals surface area (Å²) < 4.78 is 0. The number of thioether (sulfide) groups is 1. The third kappa shape index (κ3) is 3.42. The molecule has 0 aromatic heterocycles. The molecular weight excluding hydrogens is 380 g/mol. The van der Waals surface area contributed by atoms with E-state index in [9.17, 15) is 9.59 Å². The summed E-state index contributed by atoms with van der Waals surface area (Å²) in [4.78, 5) is 27.0. The summed E-state index contributed by atoms with van der Waals surface area (Å²) >= 11 is 1.57. The van der Waals surface area contributed by atoms with Crippen LogP contribution in [0.15, 0.2) is 91.0 Å². The second kappa shape index (κ2) is 8.13. The van der Waals surface area contributed by atoms with Crippen molar-refractivity contribution < 1.29 is 9.59 Å². The van der Waals surface area contributed by atoms with Gasteiger partial charge in [-0.05, 0) is 29.5 Å². The lowest BCUT2D eigenvalue weighted by Crippen LogP contribution is -2.76. The molecule has 4 nitrogen and oxygen atoms in total. The van der Waals surface area contributed by atoms with Crippen molar-refractivity contribution in [1.29, 1.82) is 0 Å². The molecule has 0 unspecified atom stereocenters. The van der Waals surface area contributed by atoms with Crippen molar-refractivity contribution in [2.75, 3.05) is 11.2 Å². The first-order valence-electron chi connectivity index (χ1n) is 9.50. The molecule has 4 rings (SSSR count). The third-order valence-corrected chi connectivity index (χ3v) is 6.49. The SMILES string of the molecule is CS[C@@]1(c2ccccc2)[C@@H](NC(=O)Cc2ccccc2)C(=O)N1c1ccccc1. The van der Waals surface area contributed by atoms with Crippen LogP contribution in [-0.2, 0) is 20.9 Å². The minimum atomic E-state index is -0.688. The Morgan fingerprint density at radius 1 is 0.931 bits per heavy atom. The van der Waals surface area contributed by atoms with Crippen molar-refractivity contribution in [2.45, 2.75) is 17.3 Å². The normalized spacial score (nSPS) is 20.8. The molecule has 1 heterocycles. The van der Waals surface area contributed by atoms with Crippen LogP contribution in [0.25, 0.3) is 0 Å². The Kier molecular flexibility index (Phi) is 5.41. The number of carbonyl (C=O) groups excluding carboxylic acids is 2. The number of rotatable bonds is 6. The fourth-order valence-corrected chi connectivity index (χ4v) is 5.02. The number of carbonyl (C=O) groups is 2. The lowest BCUT2D eigenvalue weighted by molar-refractivity contribution is -0.133. The highest BCUT2D eigenvalue weighted by molar-refractivity contribution is 7.99. The molecule has 2 amide bonds. The fraction of sp³-hybridized carbons (Fsp3) is 0.167. The lowest BCUT2D eigenvalue weighted by atomic mass is 9.86. The summed E-state index contributed by atoms with van der Waals surface area (Å²) in [5.41, 5.74) is 2.73. The highest BCUT2D eigenvalue weighted by atomic mass is 32.2. The Hall–Kier alpha value is -3.05. The minimum absolute atomic E-state index is 0.101. The van der Waals surface area contributed by atoms with E-state index in [0.29, 0.717) is 0 Å². The average molecular weight is 403 g/mol. The van der Waals surface area contributed by atoms with Crippen LogP contribution in [0, 0.1) is 0 Å². The molecule has 1 aliphatic rings. The van der Waals surface area contributed by atoms with E-state index in [-0.39, 0.29) is 18.2 Å². The van der Waals surface area contributed by atoms with Crippen LogP contribution in [0.3, 0.4) is 0 Å². The average Bonchev–Trinajstić information content (AvgIpc) is 2.77. The number of benzene rings is 3. The highest BCUT2D eigenvalue weighted by Crippen LogP contribution is 2.51. The standard InChI is InChI=1S/C24H22N2O2S/c1-29-24(19-13-7-3-8-14-19)22(23(28)26(24)20-15-9-4-10-16-20)25-21(27)17-18-11-5-2-6-12-18/h2-16,22H,17H2,1H3,(H,25,27)/t22-,24-/m0/s1. The maximum atomic E-state index is 13.2. The second-order valence-electron chi connectivity index (χ2n) is 6.94. The van der Waals surface area contributed by atoms with Gasteiger partial charge in [-0.25, -0.2) is 0 Å². The summed E-state index contributed by atoms with van der Waals surface area (Å²) in [7, 11) is 0. The van der Waals surface area contributed by atoms with Crippen molar-refractivity contribution in [1.82, 2.24) is 5.32 Å². The van der Waals surface area contributed by atoms with Gasteiger partial charge < -0.3 is 5.32 Å². The molecule has 1 saturated heterocycles. The van der Waals surface area contributed by atoms with E-state index >= 15 is 0 Å². The second-order valence-corrected chi connectivity index (χ2v) is 7.97. The smallest absolute Gasteiger partial charge is 0.254 e. The molecular formula is C24H22N2O2S. The van der Waals surface area contributed by atoms with Crippen molar-refractivity contribution in [3.63, 3.8) is 0 Å². The third-order valence-electron chi connectivity index (χ3n) is 5.22. The van der Waals surface area contributed by atoms with Gasteiger partial charge in [0.1, 0.15) is 10.9 Å². The minimum Gasteiger partial charge on any atom is -0.341 e. The molecule has 3 aromatic rings. The number of para-hydroxylation sites is 1. The van der Waals surface area contributed by atoms with E-state index < -0.39 is 10.9 Å². The molecule has 0 radical (unpaired) electrons. The zero-order chi connectivity index (χ0) is 20.3. The zero-order valence-corrected chi connectivity index (χ0v) is 16.9. The maximum absolute atomic E-state index is 13.2. The van der Waals surface area contributed by atoms with Crippen LogP contribution in [0.4, 0.5) is 5.69 Å².